The van der Waals surface area contributed by atoms with E-state index in [0.717, 1.165) is 33.0 Å². The molecule has 1 aromatic carbocycles. The summed E-state index contributed by atoms with van der Waals surface area (Å²) in [5.74, 6) is -0.253. The van der Waals surface area contributed by atoms with Crippen LogP contribution in [0.15, 0.2) is 48.9 Å². The highest BCUT2D eigenvalue weighted by Crippen LogP contribution is 2.39. The van der Waals surface area contributed by atoms with Gasteiger partial charge in [0.1, 0.15) is 0 Å². The van der Waals surface area contributed by atoms with Gasteiger partial charge < -0.3 is 5.32 Å². The van der Waals surface area contributed by atoms with Crippen LogP contribution in [0, 0.1) is 5.92 Å². The molecule has 0 unspecified atom stereocenters. The normalized spacial score (nSPS) is 16.2. The Labute approximate surface area is 213 Å². The fourth-order valence-corrected chi connectivity index (χ4v) is 5.20. The summed E-state index contributed by atoms with van der Waals surface area (Å²) in [5.41, 5.74) is 2.73. The summed E-state index contributed by atoms with van der Waals surface area (Å²) >= 11 is 0. The number of nitrogens with one attached hydrogen (secondary N) is 1. The molecule has 0 spiro atoms. The molecule has 0 aliphatic carbocycles. The van der Waals surface area contributed by atoms with Gasteiger partial charge in [0.05, 0.1) is 34.8 Å². The van der Waals surface area contributed by atoms with E-state index in [4.69, 9.17) is 0 Å². The zero-order chi connectivity index (χ0) is 27.0. The van der Waals surface area contributed by atoms with Crippen LogP contribution in [0.1, 0.15) is 65.1 Å². The Balaban J connectivity index is 1.45. The average Bonchev–Trinajstić information content (AvgIpc) is 3.46. The Kier molecular flexibility index (Phi) is 7.43. The maximum absolute atomic E-state index is 12.9. The van der Waals surface area contributed by atoms with E-state index in [1.807, 2.05) is 0 Å². The lowest BCUT2D eigenvalue weighted by Gasteiger charge is -2.27. The molecule has 0 fully saturated rings. The molecule has 37 heavy (non-hydrogen) atoms. The molecule has 1 N–H and O–H groups in total. The van der Waals surface area contributed by atoms with E-state index < -0.39 is 21.8 Å². The molecule has 0 radical (unpaired) electrons. The van der Waals surface area contributed by atoms with Crippen molar-refractivity contribution in [3.05, 3.63) is 82.4 Å². The standard InChI is InChI=1S/C25H28F3N5O3S/c1-4-37(35,36)33-14-18(11-31-33)10-30-24(34)19-9-20-15-32(23(16(2)3)22(20)29-12-19)13-17-5-7-21(8-6-17)25(26,27)28/h5-9,11-12,14,16,23H,4,10,13,15H2,1-3H3,(H,30,34)/t23-/m0/s1. The van der Waals surface area contributed by atoms with E-state index in [2.05, 4.69) is 34.1 Å². The van der Waals surface area contributed by atoms with Crippen LogP contribution in [0.25, 0.3) is 0 Å². The molecule has 1 atom stereocenters. The van der Waals surface area contributed by atoms with Crippen molar-refractivity contribution in [1.82, 2.24) is 24.4 Å². The van der Waals surface area contributed by atoms with Crippen LogP contribution in [0.4, 0.5) is 13.2 Å². The molecule has 0 saturated heterocycles. The van der Waals surface area contributed by atoms with Crippen molar-refractivity contribution < 1.29 is 26.4 Å². The molecule has 2 aromatic heterocycles. The molecular weight excluding hydrogens is 507 g/mol. The van der Waals surface area contributed by atoms with E-state index in [-0.39, 0.29) is 30.2 Å². The number of rotatable bonds is 8. The largest absolute Gasteiger partial charge is 0.416 e. The van der Waals surface area contributed by atoms with E-state index in [9.17, 15) is 26.4 Å². The SMILES string of the molecule is CCS(=O)(=O)n1cc(CNC(=O)c2cnc3c(c2)CN(Cc2ccc(C(F)(F)F)cc2)[C@H]3C(C)C)cn1. The molecule has 12 heteroatoms. The fourth-order valence-electron chi connectivity index (χ4n) is 4.45. The van der Waals surface area contributed by atoms with Gasteiger partial charge in [0.15, 0.2) is 0 Å². The highest BCUT2D eigenvalue weighted by molar-refractivity contribution is 7.89. The monoisotopic (exact) mass is 535 g/mol. The van der Waals surface area contributed by atoms with Crippen molar-refractivity contribution in [1.29, 1.82) is 0 Å². The van der Waals surface area contributed by atoms with Gasteiger partial charge in [-0.25, -0.2) is 8.42 Å². The number of amides is 1. The van der Waals surface area contributed by atoms with Gasteiger partial charge in [-0.3, -0.25) is 14.7 Å². The van der Waals surface area contributed by atoms with Crippen molar-refractivity contribution >= 4 is 15.9 Å². The lowest BCUT2D eigenvalue weighted by molar-refractivity contribution is -0.137. The molecule has 1 amide bonds. The number of benzene rings is 1. The Morgan fingerprint density at radius 1 is 1.16 bits per heavy atom. The summed E-state index contributed by atoms with van der Waals surface area (Å²) in [4.78, 5) is 19.5. The van der Waals surface area contributed by atoms with Crippen molar-refractivity contribution in [2.75, 3.05) is 5.75 Å². The zero-order valence-electron chi connectivity index (χ0n) is 20.7. The molecule has 3 aromatic rings. The van der Waals surface area contributed by atoms with Gasteiger partial charge in [-0.2, -0.15) is 22.4 Å². The first-order valence-corrected chi connectivity index (χ1v) is 13.4. The summed E-state index contributed by atoms with van der Waals surface area (Å²) in [6, 6.07) is 6.90. The zero-order valence-corrected chi connectivity index (χ0v) is 21.5. The minimum atomic E-state index is -4.38. The number of halogens is 3. The molecule has 0 saturated carbocycles. The second-order valence-corrected chi connectivity index (χ2v) is 11.5. The van der Waals surface area contributed by atoms with Gasteiger partial charge in [-0.05, 0) is 42.2 Å². The number of alkyl halides is 3. The van der Waals surface area contributed by atoms with Crippen LogP contribution < -0.4 is 5.32 Å². The van der Waals surface area contributed by atoms with Crippen LogP contribution in [0.2, 0.25) is 0 Å². The van der Waals surface area contributed by atoms with Crippen molar-refractivity contribution in [2.24, 2.45) is 5.92 Å². The molecule has 1 aliphatic rings. The van der Waals surface area contributed by atoms with Crippen molar-refractivity contribution in [3.63, 3.8) is 0 Å². The van der Waals surface area contributed by atoms with Crippen LogP contribution in [0.5, 0.6) is 0 Å². The van der Waals surface area contributed by atoms with Gasteiger partial charge in [0.2, 0.25) is 0 Å². The number of pyridine rings is 1. The van der Waals surface area contributed by atoms with Crippen LogP contribution in [-0.2, 0) is 35.8 Å². The van der Waals surface area contributed by atoms with Gasteiger partial charge in [-0.1, -0.05) is 26.0 Å². The Morgan fingerprint density at radius 3 is 2.49 bits per heavy atom. The predicted molar refractivity (Wildman–Crippen MR) is 131 cm³/mol. The molecule has 1 aliphatic heterocycles. The maximum atomic E-state index is 12.9. The Bertz CT molecular complexity index is 1390. The number of aromatic nitrogens is 3. The number of nitrogens with zero attached hydrogens (tertiary/aromatic N) is 4. The van der Waals surface area contributed by atoms with Gasteiger partial charge in [0, 0.05) is 37.6 Å². The van der Waals surface area contributed by atoms with Crippen molar-refractivity contribution in [3.8, 4) is 0 Å². The van der Waals surface area contributed by atoms with Crippen LogP contribution in [-0.4, -0.2) is 39.1 Å². The minimum absolute atomic E-state index is 0.0410. The average molecular weight is 536 g/mol. The summed E-state index contributed by atoms with van der Waals surface area (Å²) < 4.78 is 63.4. The quantitative estimate of drug-likeness (QED) is 0.466. The first kappa shape index (κ1) is 26.8. The van der Waals surface area contributed by atoms with Crippen molar-refractivity contribution in [2.45, 2.75) is 52.6 Å². The summed E-state index contributed by atoms with van der Waals surface area (Å²) in [7, 11) is -3.50. The Morgan fingerprint density at radius 2 is 1.86 bits per heavy atom. The summed E-state index contributed by atoms with van der Waals surface area (Å²) in [6.07, 6.45) is -0.110. The number of hydrogen-bond donors (Lipinski definition) is 1. The molecule has 198 valence electrons. The predicted octanol–water partition coefficient (Wildman–Crippen LogP) is 4.14. The highest BCUT2D eigenvalue weighted by atomic mass is 32.2. The smallest absolute Gasteiger partial charge is 0.348 e. The third kappa shape index (κ3) is 5.85. The fraction of sp³-hybridized carbons (Fsp3) is 0.400. The second-order valence-electron chi connectivity index (χ2n) is 9.36. The maximum Gasteiger partial charge on any atom is 0.416 e. The minimum Gasteiger partial charge on any atom is -0.348 e. The van der Waals surface area contributed by atoms with Gasteiger partial charge >= 0.3 is 6.18 Å². The first-order chi connectivity index (χ1) is 17.4. The van der Waals surface area contributed by atoms with E-state index in [1.54, 1.807) is 6.07 Å². The Hall–Kier alpha value is -3.25. The van der Waals surface area contributed by atoms with E-state index >= 15 is 0 Å². The lowest BCUT2D eigenvalue weighted by Crippen LogP contribution is -2.25. The number of hydrogen-bond acceptors (Lipinski definition) is 6. The van der Waals surface area contributed by atoms with Crippen LogP contribution >= 0.6 is 0 Å². The molecule has 4 rings (SSSR count). The van der Waals surface area contributed by atoms with Gasteiger partial charge in [-0.15, -0.1) is 0 Å². The molecule has 3 heterocycles. The molecule has 8 nitrogen and oxygen atoms in total. The highest BCUT2D eigenvalue weighted by Gasteiger charge is 2.35. The molecular formula is C25H28F3N5O3S. The topological polar surface area (TPSA) is 97.2 Å². The third-order valence-electron chi connectivity index (χ3n) is 6.33. The number of carbonyl (C=O) groups is 1. The first-order valence-electron chi connectivity index (χ1n) is 11.8. The van der Waals surface area contributed by atoms with E-state index in [1.165, 1.54) is 37.6 Å². The van der Waals surface area contributed by atoms with Crippen LogP contribution in [0.3, 0.4) is 0 Å². The number of fused-ring (bicyclic) bond motifs is 1. The van der Waals surface area contributed by atoms with Gasteiger partial charge in [0.25, 0.3) is 15.9 Å². The number of carbonyl (C=O) groups excluding carboxylic acids is 1. The summed E-state index contributed by atoms with van der Waals surface area (Å²) in [6.45, 7) is 6.69. The third-order valence-corrected chi connectivity index (χ3v) is 7.82. The summed E-state index contributed by atoms with van der Waals surface area (Å²) in [5, 5.41) is 6.60. The second kappa shape index (κ2) is 10.3. The van der Waals surface area contributed by atoms with E-state index in [0.29, 0.717) is 24.2 Å². The lowest BCUT2D eigenvalue weighted by atomic mass is 9.99. The molecule has 0 bridgehead atoms.